The molecule has 0 aliphatic heterocycles. The van der Waals surface area contributed by atoms with E-state index in [1.165, 1.54) is 5.57 Å². The van der Waals surface area contributed by atoms with Gasteiger partial charge in [0.2, 0.25) is 0 Å². The van der Waals surface area contributed by atoms with Gasteiger partial charge in [-0.2, -0.15) is 0 Å². The Bertz CT molecular complexity index is 405. The molecular formula is C14H19NO. The second-order valence-corrected chi connectivity index (χ2v) is 3.72. The van der Waals surface area contributed by atoms with Crippen LogP contribution in [-0.4, -0.2) is 17.4 Å². The Balaban J connectivity index is 2.82. The monoisotopic (exact) mass is 217 g/mol. The molecule has 1 aromatic rings. The van der Waals surface area contributed by atoms with Crippen molar-refractivity contribution < 1.29 is 5.11 Å². The van der Waals surface area contributed by atoms with Gasteiger partial charge in [0.15, 0.2) is 0 Å². The molecule has 0 aliphatic rings. The summed E-state index contributed by atoms with van der Waals surface area (Å²) in [6, 6.07) is 7.29. The number of aromatic hydroxyl groups is 1. The van der Waals surface area contributed by atoms with E-state index in [1.54, 1.807) is 6.07 Å². The summed E-state index contributed by atoms with van der Waals surface area (Å²) >= 11 is 0. The molecule has 1 rings (SSSR count). The Kier molecular flexibility index (Phi) is 4.77. The number of para-hydroxylation sites is 1. The molecule has 1 aromatic carbocycles. The van der Waals surface area contributed by atoms with Crippen LogP contribution in [0.5, 0.6) is 5.75 Å². The Morgan fingerprint density at radius 3 is 2.62 bits per heavy atom. The minimum Gasteiger partial charge on any atom is -0.507 e. The largest absolute Gasteiger partial charge is 0.507 e. The lowest BCUT2D eigenvalue weighted by Crippen LogP contribution is -1.98. The first-order valence-corrected chi connectivity index (χ1v) is 5.62. The van der Waals surface area contributed by atoms with Gasteiger partial charge in [-0.05, 0) is 32.4 Å². The van der Waals surface area contributed by atoms with Crippen LogP contribution < -0.4 is 0 Å². The van der Waals surface area contributed by atoms with Crippen LogP contribution in [0, 0.1) is 0 Å². The van der Waals surface area contributed by atoms with Gasteiger partial charge in [-0.15, -0.1) is 0 Å². The van der Waals surface area contributed by atoms with Gasteiger partial charge in [-0.3, -0.25) is 4.99 Å². The highest BCUT2D eigenvalue weighted by Crippen LogP contribution is 2.16. The maximum Gasteiger partial charge on any atom is 0.124 e. The van der Waals surface area contributed by atoms with Gasteiger partial charge < -0.3 is 5.11 Å². The zero-order chi connectivity index (χ0) is 12.0. The second-order valence-electron chi connectivity index (χ2n) is 3.72. The maximum atomic E-state index is 9.67. The molecule has 0 atom stereocenters. The normalized spacial score (nSPS) is 12.9. The molecule has 0 unspecified atom stereocenters. The zero-order valence-corrected chi connectivity index (χ0v) is 10.2. The van der Waals surface area contributed by atoms with E-state index in [0.29, 0.717) is 12.3 Å². The van der Waals surface area contributed by atoms with Crippen molar-refractivity contribution in [3.8, 4) is 5.75 Å². The fraction of sp³-hybridized carbons (Fsp3) is 0.357. The van der Waals surface area contributed by atoms with Gasteiger partial charge in [-0.1, -0.05) is 30.7 Å². The Morgan fingerprint density at radius 1 is 1.38 bits per heavy atom. The molecule has 0 fully saturated rings. The third kappa shape index (κ3) is 3.23. The van der Waals surface area contributed by atoms with Crippen LogP contribution in [0.15, 0.2) is 40.9 Å². The molecule has 0 aromatic heterocycles. The van der Waals surface area contributed by atoms with Crippen molar-refractivity contribution in [2.24, 2.45) is 4.99 Å². The van der Waals surface area contributed by atoms with Crippen LogP contribution in [0.3, 0.4) is 0 Å². The van der Waals surface area contributed by atoms with E-state index in [0.717, 1.165) is 17.7 Å². The lowest BCUT2D eigenvalue weighted by atomic mass is 10.1. The van der Waals surface area contributed by atoms with Gasteiger partial charge in [0, 0.05) is 11.3 Å². The number of benzene rings is 1. The first kappa shape index (κ1) is 12.5. The molecule has 1 N–H and O–H groups in total. The SMILES string of the molecule is C/C=C(\CC)CN=C(C)c1ccccc1O. The average molecular weight is 217 g/mol. The number of phenolic OH excluding ortho intramolecular Hbond substituents is 1. The lowest BCUT2D eigenvalue weighted by molar-refractivity contribution is 0.474. The van der Waals surface area contributed by atoms with Gasteiger partial charge in [0.05, 0.1) is 6.54 Å². The molecule has 0 bridgehead atoms. The Labute approximate surface area is 97.4 Å². The quantitative estimate of drug-likeness (QED) is 0.607. The topological polar surface area (TPSA) is 32.6 Å². The highest BCUT2D eigenvalue weighted by atomic mass is 16.3. The average Bonchev–Trinajstić information content (AvgIpc) is 2.30. The molecule has 0 saturated heterocycles. The summed E-state index contributed by atoms with van der Waals surface area (Å²) in [6.45, 7) is 6.80. The van der Waals surface area contributed by atoms with Crippen molar-refractivity contribution in [2.75, 3.05) is 6.54 Å². The highest BCUT2D eigenvalue weighted by molar-refractivity contribution is 6.01. The molecule has 2 nitrogen and oxygen atoms in total. The van der Waals surface area contributed by atoms with Gasteiger partial charge in [0.25, 0.3) is 0 Å². The molecule has 0 radical (unpaired) electrons. The predicted molar refractivity (Wildman–Crippen MR) is 69.2 cm³/mol. The first-order valence-electron chi connectivity index (χ1n) is 5.62. The number of aliphatic imine (C=N–C) groups is 1. The van der Waals surface area contributed by atoms with Crippen LogP contribution in [0.25, 0.3) is 0 Å². The Hall–Kier alpha value is -1.57. The lowest BCUT2D eigenvalue weighted by Gasteiger charge is -2.05. The third-order valence-electron chi connectivity index (χ3n) is 2.68. The summed E-state index contributed by atoms with van der Waals surface area (Å²) in [6.07, 6.45) is 3.12. The van der Waals surface area contributed by atoms with E-state index in [4.69, 9.17) is 0 Å². The molecule has 0 amide bonds. The molecule has 0 heterocycles. The molecule has 86 valence electrons. The van der Waals surface area contributed by atoms with Gasteiger partial charge >= 0.3 is 0 Å². The van der Waals surface area contributed by atoms with E-state index >= 15 is 0 Å². The molecule has 2 heteroatoms. The van der Waals surface area contributed by atoms with Crippen LogP contribution in [0.1, 0.15) is 32.8 Å². The van der Waals surface area contributed by atoms with E-state index in [2.05, 4.69) is 18.0 Å². The number of phenols is 1. The van der Waals surface area contributed by atoms with Crippen molar-refractivity contribution in [3.05, 3.63) is 41.5 Å². The van der Waals surface area contributed by atoms with Crippen molar-refractivity contribution >= 4 is 5.71 Å². The number of rotatable bonds is 4. The first-order chi connectivity index (χ1) is 7.69. The highest BCUT2D eigenvalue weighted by Gasteiger charge is 2.02. The number of nitrogens with zero attached hydrogens (tertiary/aromatic N) is 1. The molecule has 0 saturated carbocycles. The van der Waals surface area contributed by atoms with E-state index in [-0.39, 0.29) is 0 Å². The minimum absolute atomic E-state index is 0.294. The molecular weight excluding hydrogens is 198 g/mol. The summed E-state index contributed by atoms with van der Waals surface area (Å²) in [7, 11) is 0. The predicted octanol–water partition coefficient (Wildman–Crippen LogP) is 3.56. The Morgan fingerprint density at radius 2 is 2.06 bits per heavy atom. The summed E-state index contributed by atoms with van der Waals surface area (Å²) < 4.78 is 0. The minimum atomic E-state index is 0.294. The molecule has 16 heavy (non-hydrogen) atoms. The molecule has 0 spiro atoms. The smallest absolute Gasteiger partial charge is 0.124 e. The number of allylic oxidation sites excluding steroid dienone is 1. The third-order valence-corrected chi connectivity index (χ3v) is 2.68. The van der Waals surface area contributed by atoms with E-state index in [1.807, 2.05) is 32.0 Å². The summed E-state index contributed by atoms with van der Waals surface area (Å²) in [4.78, 5) is 4.49. The number of hydrogen-bond acceptors (Lipinski definition) is 2. The fourth-order valence-electron chi connectivity index (χ4n) is 1.49. The van der Waals surface area contributed by atoms with Crippen LogP contribution in [0.4, 0.5) is 0 Å². The van der Waals surface area contributed by atoms with Crippen LogP contribution in [0.2, 0.25) is 0 Å². The van der Waals surface area contributed by atoms with E-state index < -0.39 is 0 Å². The van der Waals surface area contributed by atoms with Crippen molar-refractivity contribution in [3.63, 3.8) is 0 Å². The standard InChI is InChI=1S/C14H19NO/c1-4-12(5-2)10-15-11(3)13-8-6-7-9-14(13)16/h4,6-9,16H,5,10H2,1-3H3/b12-4+,15-11?. The zero-order valence-electron chi connectivity index (χ0n) is 10.2. The van der Waals surface area contributed by atoms with Gasteiger partial charge in [0.1, 0.15) is 5.75 Å². The maximum absolute atomic E-state index is 9.67. The summed E-state index contributed by atoms with van der Waals surface area (Å²) in [5, 5.41) is 9.67. The van der Waals surface area contributed by atoms with Crippen molar-refractivity contribution in [2.45, 2.75) is 27.2 Å². The van der Waals surface area contributed by atoms with Crippen molar-refractivity contribution in [1.82, 2.24) is 0 Å². The summed E-state index contributed by atoms with van der Waals surface area (Å²) in [5.74, 6) is 0.294. The fourth-order valence-corrected chi connectivity index (χ4v) is 1.49. The van der Waals surface area contributed by atoms with Crippen molar-refractivity contribution in [1.29, 1.82) is 0 Å². The van der Waals surface area contributed by atoms with E-state index in [9.17, 15) is 5.11 Å². The van der Waals surface area contributed by atoms with Crippen LogP contribution >= 0.6 is 0 Å². The van der Waals surface area contributed by atoms with Crippen LogP contribution in [-0.2, 0) is 0 Å². The second kappa shape index (κ2) is 6.11. The van der Waals surface area contributed by atoms with Gasteiger partial charge in [-0.25, -0.2) is 0 Å². The number of hydrogen-bond donors (Lipinski definition) is 1. The summed E-state index contributed by atoms with van der Waals surface area (Å²) in [5.41, 5.74) is 3.01. The molecule has 0 aliphatic carbocycles.